The van der Waals surface area contributed by atoms with E-state index in [1.807, 2.05) is 12.1 Å². The number of carbonyl (C=O) groups excluding carboxylic acids is 3. The highest BCUT2D eigenvalue weighted by Gasteiger charge is 2.70. The number of fused-ring (bicyclic) bond motifs is 4. The minimum absolute atomic E-state index is 0.181. The largest absolute Gasteiger partial charge is 0.504 e. The van der Waals surface area contributed by atoms with Crippen LogP contribution in [0, 0.1) is 11.8 Å². The summed E-state index contributed by atoms with van der Waals surface area (Å²) in [4.78, 5) is 42.4. The number of nitrogens with one attached hydrogen (secondary N) is 2. The number of nitrogens with zero attached hydrogens (tertiary/aromatic N) is 1. The van der Waals surface area contributed by atoms with Crippen LogP contribution in [0.2, 0.25) is 0 Å². The summed E-state index contributed by atoms with van der Waals surface area (Å²) in [6.07, 6.45) is 1.75. The number of likely N-dealkylation sites (tertiary alicyclic amines) is 1. The van der Waals surface area contributed by atoms with Gasteiger partial charge in [-0.2, -0.15) is 0 Å². The smallest absolute Gasteiger partial charge is 0.250 e. The van der Waals surface area contributed by atoms with Crippen LogP contribution in [-0.2, 0) is 31.1 Å². The molecule has 35 heavy (non-hydrogen) atoms. The molecule has 4 aliphatic rings. The molecule has 0 saturated carbocycles. The molecule has 2 aromatic carbocycles. The molecular weight excluding hydrogens is 518 g/mol. The predicted octanol–water partition coefficient (Wildman–Crippen LogP) is 2.00. The molecule has 4 heterocycles. The van der Waals surface area contributed by atoms with E-state index in [9.17, 15) is 24.6 Å². The topological polar surface area (TPSA) is 128 Å². The van der Waals surface area contributed by atoms with Crippen molar-refractivity contribution < 1.29 is 29.3 Å². The molecule has 3 fully saturated rings. The van der Waals surface area contributed by atoms with Gasteiger partial charge in [0, 0.05) is 28.4 Å². The molecule has 6 rings (SSSR count). The summed E-state index contributed by atoms with van der Waals surface area (Å²) in [6.45, 7) is 0.788. The Morgan fingerprint density at radius 3 is 2.66 bits per heavy atom. The van der Waals surface area contributed by atoms with E-state index < -0.39 is 23.4 Å². The maximum atomic E-state index is 13.8. The first-order valence-corrected chi connectivity index (χ1v) is 12.5. The van der Waals surface area contributed by atoms with Crippen LogP contribution >= 0.6 is 15.9 Å². The fourth-order valence-electron chi connectivity index (χ4n) is 6.13. The molecule has 9 nitrogen and oxygen atoms in total. The van der Waals surface area contributed by atoms with E-state index in [1.54, 1.807) is 12.1 Å². The monoisotopic (exact) mass is 541 g/mol. The third-order valence-corrected chi connectivity index (χ3v) is 8.17. The summed E-state index contributed by atoms with van der Waals surface area (Å²) in [7, 11) is 0. The van der Waals surface area contributed by atoms with Crippen molar-refractivity contribution in [3.8, 4) is 11.5 Å². The van der Waals surface area contributed by atoms with Gasteiger partial charge in [0.25, 0.3) is 0 Å². The second-order valence-electron chi connectivity index (χ2n) is 9.66. The number of amides is 3. The van der Waals surface area contributed by atoms with Crippen LogP contribution < -0.4 is 10.6 Å². The zero-order chi connectivity index (χ0) is 24.5. The molecule has 0 aliphatic carbocycles. The minimum Gasteiger partial charge on any atom is -0.504 e. The average molecular weight is 542 g/mol. The highest BCUT2D eigenvalue weighted by atomic mass is 79.9. The molecule has 10 heteroatoms. The molecule has 0 bridgehead atoms. The van der Waals surface area contributed by atoms with E-state index in [-0.39, 0.29) is 48.3 Å². The van der Waals surface area contributed by atoms with Crippen molar-refractivity contribution in [3.63, 3.8) is 0 Å². The molecule has 1 spiro atoms. The van der Waals surface area contributed by atoms with Crippen LogP contribution in [0.1, 0.15) is 24.0 Å². The van der Waals surface area contributed by atoms with Crippen molar-refractivity contribution in [1.29, 1.82) is 0 Å². The SMILES string of the molecule is O=C1[C@H]2[C@H](Cc3ccc(O)c(O)c3)N[C@@]3(C(=O)Nc4ccc(Br)cc43)[C@H]2C(=O)N1C[C@H]1CCCO1. The fourth-order valence-corrected chi connectivity index (χ4v) is 6.49. The van der Waals surface area contributed by atoms with Crippen LogP contribution in [0.5, 0.6) is 11.5 Å². The summed E-state index contributed by atoms with van der Waals surface area (Å²) in [5.74, 6) is -3.25. The molecule has 3 saturated heterocycles. The number of halogens is 1. The highest BCUT2D eigenvalue weighted by Crippen LogP contribution is 2.54. The molecule has 182 valence electrons. The number of aromatic hydroxyl groups is 2. The van der Waals surface area contributed by atoms with Crippen LogP contribution in [-0.4, -0.2) is 58.1 Å². The van der Waals surface area contributed by atoms with E-state index >= 15 is 0 Å². The Labute approximate surface area is 209 Å². The molecule has 3 amide bonds. The summed E-state index contributed by atoms with van der Waals surface area (Å²) in [5, 5.41) is 26.0. The van der Waals surface area contributed by atoms with Gasteiger partial charge in [0.05, 0.1) is 24.5 Å². The van der Waals surface area contributed by atoms with Gasteiger partial charge >= 0.3 is 0 Å². The van der Waals surface area contributed by atoms with E-state index in [2.05, 4.69) is 26.6 Å². The van der Waals surface area contributed by atoms with Gasteiger partial charge in [-0.1, -0.05) is 22.0 Å². The van der Waals surface area contributed by atoms with Gasteiger partial charge in [0.15, 0.2) is 11.5 Å². The highest BCUT2D eigenvalue weighted by molar-refractivity contribution is 9.10. The number of imide groups is 1. The first-order chi connectivity index (χ1) is 16.8. The van der Waals surface area contributed by atoms with Crippen LogP contribution in [0.4, 0.5) is 5.69 Å². The Morgan fingerprint density at radius 2 is 1.91 bits per heavy atom. The lowest BCUT2D eigenvalue weighted by atomic mass is 9.76. The van der Waals surface area contributed by atoms with Crippen molar-refractivity contribution in [2.45, 2.75) is 36.9 Å². The minimum atomic E-state index is -1.40. The second kappa shape index (κ2) is 8.04. The van der Waals surface area contributed by atoms with Gasteiger partial charge in [0.1, 0.15) is 5.54 Å². The fraction of sp³-hybridized carbons (Fsp3) is 0.400. The number of benzene rings is 2. The van der Waals surface area contributed by atoms with Crippen molar-refractivity contribution in [3.05, 3.63) is 52.0 Å². The quantitative estimate of drug-likeness (QED) is 0.344. The van der Waals surface area contributed by atoms with Crippen LogP contribution in [0.15, 0.2) is 40.9 Å². The van der Waals surface area contributed by atoms with Crippen LogP contribution in [0.25, 0.3) is 0 Å². The maximum absolute atomic E-state index is 13.8. The van der Waals surface area contributed by atoms with Gasteiger partial charge in [0.2, 0.25) is 17.7 Å². The predicted molar refractivity (Wildman–Crippen MR) is 128 cm³/mol. The Hall–Kier alpha value is -2.95. The molecule has 0 aromatic heterocycles. The molecule has 4 N–H and O–H groups in total. The number of rotatable bonds is 4. The lowest BCUT2D eigenvalue weighted by Gasteiger charge is -2.30. The van der Waals surface area contributed by atoms with E-state index in [1.165, 1.54) is 17.0 Å². The van der Waals surface area contributed by atoms with Crippen molar-refractivity contribution in [1.82, 2.24) is 10.2 Å². The van der Waals surface area contributed by atoms with Gasteiger partial charge in [-0.05, 0) is 55.2 Å². The number of hydrogen-bond acceptors (Lipinski definition) is 7. The summed E-state index contributed by atoms with van der Waals surface area (Å²) in [6, 6.07) is 9.32. The normalized spacial score (nSPS) is 31.3. The lowest BCUT2D eigenvalue weighted by Crippen LogP contribution is -2.54. The van der Waals surface area contributed by atoms with Crippen molar-refractivity contribution in [2.24, 2.45) is 11.8 Å². The van der Waals surface area contributed by atoms with E-state index in [4.69, 9.17) is 4.74 Å². The Kier molecular flexibility index (Phi) is 5.17. The number of hydrogen-bond donors (Lipinski definition) is 4. The Morgan fingerprint density at radius 1 is 1.09 bits per heavy atom. The molecule has 0 unspecified atom stereocenters. The van der Waals surface area contributed by atoms with Crippen molar-refractivity contribution in [2.75, 3.05) is 18.5 Å². The van der Waals surface area contributed by atoms with Gasteiger partial charge in [-0.3, -0.25) is 24.6 Å². The molecule has 2 aromatic rings. The zero-order valence-electron chi connectivity index (χ0n) is 18.7. The molecular formula is C25H24BrN3O6. The summed E-state index contributed by atoms with van der Waals surface area (Å²) in [5.41, 5.74) is 0.498. The molecule has 0 radical (unpaired) electrons. The number of phenolic OH excluding ortho intramolecular Hbond substituents is 2. The summed E-state index contributed by atoms with van der Waals surface area (Å²) < 4.78 is 6.45. The average Bonchev–Trinajstić information content (AvgIpc) is 3.56. The maximum Gasteiger partial charge on any atom is 0.250 e. The zero-order valence-corrected chi connectivity index (χ0v) is 20.2. The lowest BCUT2D eigenvalue weighted by molar-refractivity contribution is -0.144. The Balaban J connectivity index is 1.43. The molecule has 4 aliphatic heterocycles. The van der Waals surface area contributed by atoms with Gasteiger partial charge in [-0.15, -0.1) is 0 Å². The standard InChI is InChI=1S/C25H24BrN3O6/c26-13-4-5-16-15(10-13)25(24(34)27-16)21-20(17(28-25)8-12-3-6-18(30)19(31)9-12)22(32)29(23(21)33)11-14-2-1-7-35-14/h3-6,9-10,14,17,20-21,28,30-31H,1-2,7-8,11H2,(H,27,34)/t14-,17+,20+,21-,25-/m1/s1. The second-order valence-corrected chi connectivity index (χ2v) is 10.6. The van der Waals surface area contributed by atoms with E-state index in [0.29, 0.717) is 23.4 Å². The summed E-state index contributed by atoms with van der Waals surface area (Å²) >= 11 is 3.47. The number of carbonyl (C=O) groups is 3. The Bertz CT molecular complexity index is 1260. The number of anilines is 1. The van der Waals surface area contributed by atoms with Gasteiger partial charge in [-0.25, -0.2) is 0 Å². The number of ether oxygens (including phenoxy) is 1. The van der Waals surface area contributed by atoms with Gasteiger partial charge < -0.3 is 20.3 Å². The number of phenols is 2. The molecule has 5 atom stereocenters. The van der Waals surface area contributed by atoms with E-state index in [0.717, 1.165) is 17.3 Å². The third-order valence-electron chi connectivity index (χ3n) is 7.67. The van der Waals surface area contributed by atoms with Crippen LogP contribution in [0.3, 0.4) is 0 Å². The van der Waals surface area contributed by atoms with Crippen molar-refractivity contribution >= 4 is 39.3 Å². The third kappa shape index (κ3) is 3.30. The first kappa shape index (κ1) is 22.5. The first-order valence-electron chi connectivity index (χ1n) is 11.7.